The second-order valence-corrected chi connectivity index (χ2v) is 20.5. The summed E-state index contributed by atoms with van der Waals surface area (Å²) in [5.74, 6) is 2.07. The van der Waals surface area contributed by atoms with Gasteiger partial charge in [-0.2, -0.15) is 0 Å². The van der Waals surface area contributed by atoms with Gasteiger partial charge in [-0.1, -0.05) is 48.5 Å². The SMILES string of the molecule is CC(C(=O)C(C)N1CCC(Oc2ccc(C(=O)N3CCC(N4CCc5ccccc5C4)CC3)cc2)CC1)N1CCC(Oc2ccc(C(=O)N3CCC(N4CCc5ccccc5C4)CC3)cc2)CC1. The number of likely N-dealkylation sites (tertiary alicyclic amines) is 4. The number of fused-ring (bicyclic) bond motifs is 2. The van der Waals surface area contributed by atoms with Gasteiger partial charge in [-0.15, -0.1) is 0 Å². The molecule has 360 valence electrons. The van der Waals surface area contributed by atoms with Crippen LogP contribution in [0.2, 0.25) is 0 Å². The molecule has 10 rings (SSSR count). The van der Waals surface area contributed by atoms with Crippen molar-refractivity contribution in [1.29, 1.82) is 0 Å². The Morgan fingerprint density at radius 2 is 0.794 bits per heavy atom. The van der Waals surface area contributed by atoms with E-state index in [1.807, 2.05) is 58.3 Å². The van der Waals surface area contributed by atoms with Gasteiger partial charge in [0.25, 0.3) is 11.8 Å². The van der Waals surface area contributed by atoms with Gasteiger partial charge in [0.1, 0.15) is 23.7 Å². The Kier molecular flexibility index (Phi) is 14.6. The van der Waals surface area contributed by atoms with Crippen LogP contribution in [0, 0.1) is 0 Å². The maximum Gasteiger partial charge on any atom is 0.253 e. The minimum absolute atomic E-state index is 0.0798. The highest BCUT2D eigenvalue weighted by Gasteiger charge is 2.35. The van der Waals surface area contributed by atoms with E-state index in [2.05, 4.69) is 82.0 Å². The molecule has 4 aromatic rings. The number of ether oxygens (including phenoxy) is 2. The molecule has 68 heavy (non-hydrogen) atoms. The zero-order valence-corrected chi connectivity index (χ0v) is 40.5. The lowest BCUT2D eigenvalue weighted by Gasteiger charge is -2.40. The summed E-state index contributed by atoms with van der Waals surface area (Å²) in [5, 5.41) is 0. The zero-order valence-electron chi connectivity index (χ0n) is 40.5. The van der Waals surface area contributed by atoms with Crippen LogP contribution >= 0.6 is 0 Å². The van der Waals surface area contributed by atoms with E-state index in [0.717, 1.165) is 165 Å². The van der Waals surface area contributed by atoms with E-state index in [1.54, 1.807) is 0 Å². The Hall–Kier alpha value is -5.07. The number of hydrogen-bond donors (Lipinski definition) is 0. The molecule has 11 heteroatoms. The monoisotopic (exact) mass is 921 g/mol. The van der Waals surface area contributed by atoms with Crippen LogP contribution in [0.4, 0.5) is 0 Å². The summed E-state index contributed by atoms with van der Waals surface area (Å²) in [7, 11) is 0. The third kappa shape index (κ3) is 10.7. The highest BCUT2D eigenvalue weighted by atomic mass is 16.5. The number of amides is 2. The Labute approximate surface area is 404 Å². The fourth-order valence-electron chi connectivity index (χ4n) is 12.1. The summed E-state index contributed by atoms with van der Waals surface area (Å²) in [4.78, 5) is 54.7. The van der Waals surface area contributed by atoms with Gasteiger partial charge in [0, 0.05) is 102 Å². The first-order valence-corrected chi connectivity index (χ1v) is 26.0. The lowest BCUT2D eigenvalue weighted by molar-refractivity contribution is -0.130. The number of ketones is 1. The second kappa shape index (κ2) is 21.3. The third-order valence-electron chi connectivity index (χ3n) is 16.5. The Morgan fingerprint density at radius 1 is 0.441 bits per heavy atom. The molecule has 2 atom stereocenters. The van der Waals surface area contributed by atoms with E-state index < -0.39 is 0 Å². The van der Waals surface area contributed by atoms with Gasteiger partial charge in [-0.05, 0) is 149 Å². The third-order valence-corrected chi connectivity index (χ3v) is 16.5. The number of carbonyl (C=O) groups excluding carboxylic acids is 3. The van der Waals surface area contributed by atoms with Crippen molar-refractivity contribution in [3.8, 4) is 11.5 Å². The largest absolute Gasteiger partial charge is 0.490 e. The smallest absolute Gasteiger partial charge is 0.253 e. The van der Waals surface area contributed by atoms with Crippen molar-refractivity contribution in [3.05, 3.63) is 130 Å². The van der Waals surface area contributed by atoms with Gasteiger partial charge in [-0.25, -0.2) is 0 Å². The van der Waals surface area contributed by atoms with Gasteiger partial charge in [-0.3, -0.25) is 34.0 Å². The number of hydrogen-bond acceptors (Lipinski definition) is 9. The van der Waals surface area contributed by atoms with Crippen molar-refractivity contribution in [2.24, 2.45) is 0 Å². The molecule has 0 saturated carbocycles. The summed E-state index contributed by atoms with van der Waals surface area (Å²) in [6.45, 7) is 14.8. The summed E-state index contributed by atoms with van der Waals surface area (Å²) >= 11 is 0. The molecule has 4 fully saturated rings. The van der Waals surface area contributed by atoms with Crippen LogP contribution in [-0.4, -0.2) is 149 Å². The quantitative estimate of drug-likeness (QED) is 0.142. The molecule has 0 radical (unpaired) electrons. The van der Waals surface area contributed by atoms with Gasteiger partial charge in [0.05, 0.1) is 12.1 Å². The lowest BCUT2D eigenvalue weighted by atomic mass is 9.95. The van der Waals surface area contributed by atoms with Crippen LogP contribution < -0.4 is 9.47 Å². The van der Waals surface area contributed by atoms with Crippen LogP contribution in [0.25, 0.3) is 0 Å². The van der Waals surface area contributed by atoms with E-state index >= 15 is 0 Å². The molecule has 6 aliphatic heterocycles. The summed E-state index contributed by atoms with van der Waals surface area (Å²) in [6, 6.07) is 33.8. The normalized spacial score (nSPS) is 22.0. The van der Waals surface area contributed by atoms with Gasteiger partial charge >= 0.3 is 0 Å². The number of piperidine rings is 4. The van der Waals surface area contributed by atoms with Crippen molar-refractivity contribution in [2.45, 2.75) is 128 Å². The number of rotatable bonds is 12. The summed E-state index contributed by atoms with van der Waals surface area (Å²) in [5.41, 5.74) is 7.30. The van der Waals surface area contributed by atoms with Crippen LogP contribution in [0.1, 0.15) is 108 Å². The standard InChI is InChI=1S/C57H72N6O5/c1-41(58-35-25-53(26-36-58)67-51-15-11-45(12-16-51)56(65)60-31-21-49(22-32-60)62-29-19-43-7-3-5-9-47(43)39-62)55(64)42(2)59-37-27-54(28-38-59)68-52-17-13-46(14-18-52)57(66)61-33-23-50(24-34-61)63-30-20-44-8-4-6-10-48(44)40-63/h3-18,41-42,49-50,53-54H,19-40H2,1-2H3. The first kappa shape index (κ1) is 46.6. The van der Waals surface area contributed by atoms with Gasteiger partial charge < -0.3 is 19.3 Å². The molecule has 0 N–H and O–H groups in total. The first-order chi connectivity index (χ1) is 33.2. The average Bonchev–Trinajstić information content (AvgIpc) is 3.40. The fraction of sp³-hybridized carbons (Fsp3) is 0.526. The molecule has 11 nitrogen and oxygen atoms in total. The van der Waals surface area contributed by atoms with Crippen LogP contribution in [-0.2, 0) is 30.7 Å². The van der Waals surface area contributed by atoms with E-state index in [-0.39, 0.29) is 41.9 Å². The maximum atomic E-state index is 13.8. The molecule has 4 aromatic carbocycles. The fourth-order valence-corrected chi connectivity index (χ4v) is 12.1. The highest BCUT2D eigenvalue weighted by Crippen LogP contribution is 2.30. The number of benzene rings is 4. The van der Waals surface area contributed by atoms with E-state index in [0.29, 0.717) is 12.1 Å². The molecule has 0 aliphatic carbocycles. The van der Waals surface area contributed by atoms with Crippen molar-refractivity contribution < 1.29 is 23.9 Å². The van der Waals surface area contributed by atoms with Gasteiger partial charge in [0.2, 0.25) is 0 Å². The molecule has 6 heterocycles. The van der Waals surface area contributed by atoms with Crippen molar-refractivity contribution in [3.63, 3.8) is 0 Å². The average molecular weight is 921 g/mol. The molecule has 4 saturated heterocycles. The number of nitrogens with zero attached hydrogens (tertiary/aromatic N) is 6. The van der Waals surface area contributed by atoms with Crippen LogP contribution in [0.5, 0.6) is 11.5 Å². The molecule has 0 spiro atoms. The van der Waals surface area contributed by atoms with Crippen LogP contribution in [0.15, 0.2) is 97.1 Å². The van der Waals surface area contributed by atoms with Crippen LogP contribution in [0.3, 0.4) is 0 Å². The second-order valence-electron chi connectivity index (χ2n) is 20.5. The zero-order chi connectivity index (χ0) is 46.6. The molecule has 0 bridgehead atoms. The van der Waals surface area contributed by atoms with E-state index in [1.165, 1.54) is 22.3 Å². The minimum atomic E-state index is -0.160. The molecule has 2 amide bonds. The molecule has 2 unspecified atom stereocenters. The molecular weight excluding hydrogens is 849 g/mol. The topological polar surface area (TPSA) is 89.1 Å². The van der Waals surface area contributed by atoms with Crippen molar-refractivity contribution >= 4 is 17.6 Å². The minimum Gasteiger partial charge on any atom is -0.490 e. The van der Waals surface area contributed by atoms with Crippen molar-refractivity contribution in [1.82, 2.24) is 29.4 Å². The number of carbonyl (C=O) groups is 3. The first-order valence-electron chi connectivity index (χ1n) is 26.0. The van der Waals surface area contributed by atoms with E-state index in [4.69, 9.17) is 9.47 Å². The Bertz CT molecular complexity index is 2180. The predicted molar refractivity (Wildman–Crippen MR) is 266 cm³/mol. The highest BCUT2D eigenvalue weighted by molar-refractivity contribution is 5.95. The predicted octanol–water partition coefficient (Wildman–Crippen LogP) is 7.75. The Balaban J connectivity index is 0.609. The Morgan fingerprint density at radius 3 is 1.16 bits per heavy atom. The lowest BCUT2D eigenvalue weighted by Crippen LogP contribution is -2.53. The number of Topliss-reactive ketones (excluding diaryl/α,β-unsaturated/α-hetero) is 1. The maximum absolute atomic E-state index is 13.8. The molecule has 6 aliphatic rings. The van der Waals surface area contributed by atoms with E-state index in [9.17, 15) is 14.4 Å². The van der Waals surface area contributed by atoms with Crippen molar-refractivity contribution in [2.75, 3.05) is 65.4 Å². The molecule has 0 aromatic heterocycles. The summed E-state index contributed by atoms with van der Waals surface area (Å²) in [6.07, 6.45) is 9.88. The summed E-state index contributed by atoms with van der Waals surface area (Å²) < 4.78 is 12.8. The van der Waals surface area contributed by atoms with Gasteiger partial charge in [0.15, 0.2) is 5.78 Å². The molecular formula is C57H72N6O5.